The number of nitrogens with one attached hydrogen (secondary N) is 2. The summed E-state index contributed by atoms with van der Waals surface area (Å²) < 4.78 is 26.0. The second-order valence-electron chi connectivity index (χ2n) is 3.46. The Balaban J connectivity index is 1.91. The van der Waals surface area contributed by atoms with Crippen LogP contribution >= 0.6 is 23.6 Å². The molecule has 0 fully saturated rings. The van der Waals surface area contributed by atoms with E-state index in [1.54, 1.807) is 6.21 Å². The first-order chi connectivity index (χ1) is 9.15. The summed E-state index contributed by atoms with van der Waals surface area (Å²) in [6.45, 7) is 0. The van der Waals surface area contributed by atoms with Crippen molar-refractivity contribution in [1.82, 2.24) is 5.43 Å². The summed E-state index contributed by atoms with van der Waals surface area (Å²) in [6.07, 6.45) is 1.60. The molecule has 0 bridgehead atoms. The van der Waals surface area contributed by atoms with Crippen molar-refractivity contribution < 1.29 is 8.78 Å². The van der Waals surface area contributed by atoms with E-state index in [0.29, 0.717) is 0 Å². The van der Waals surface area contributed by atoms with Crippen molar-refractivity contribution in [2.75, 3.05) is 5.32 Å². The molecule has 0 aliphatic heterocycles. The maximum atomic E-state index is 13.3. The van der Waals surface area contributed by atoms with Gasteiger partial charge in [-0.25, -0.2) is 8.78 Å². The van der Waals surface area contributed by atoms with Gasteiger partial charge in [-0.3, -0.25) is 5.43 Å². The Hall–Kier alpha value is -1.86. The largest absolute Gasteiger partial charge is 0.329 e. The average Bonchev–Trinajstić information content (AvgIpc) is 2.86. The molecular formula is C12H9F2N3S2. The molecule has 0 atom stereocenters. The van der Waals surface area contributed by atoms with Gasteiger partial charge in [-0.15, -0.1) is 11.3 Å². The van der Waals surface area contributed by atoms with Gasteiger partial charge in [-0.05, 0) is 35.8 Å². The summed E-state index contributed by atoms with van der Waals surface area (Å²) >= 11 is 6.46. The van der Waals surface area contributed by atoms with E-state index in [0.717, 1.165) is 17.0 Å². The third kappa shape index (κ3) is 4.08. The zero-order valence-electron chi connectivity index (χ0n) is 9.56. The van der Waals surface area contributed by atoms with Crippen LogP contribution in [-0.4, -0.2) is 11.3 Å². The van der Waals surface area contributed by atoms with Gasteiger partial charge < -0.3 is 5.32 Å². The molecule has 0 amide bonds. The lowest BCUT2D eigenvalue weighted by molar-refractivity contribution is 0.586. The minimum absolute atomic E-state index is 0.0882. The van der Waals surface area contributed by atoms with E-state index in [4.69, 9.17) is 12.2 Å². The lowest BCUT2D eigenvalue weighted by atomic mass is 10.3. The Labute approximate surface area is 118 Å². The molecule has 98 valence electrons. The first kappa shape index (κ1) is 13.6. The Kier molecular flexibility index (Phi) is 4.53. The van der Waals surface area contributed by atoms with E-state index in [9.17, 15) is 8.78 Å². The normalized spacial score (nSPS) is 10.6. The van der Waals surface area contributed by atoms with E-state index >= 15 is 0 Å². The van der Waals surface area contributed by atoms with Gasteiger partial charge in [0, 0.05) is 10.9 Å². The molecule has 0 aliphatic carbocycles. The zero-order valence-corrected chi connectivity index (χ0v) is 11.2. The van der Waals surface area contributed by atoms with Crippen LogP contribution in [0.3, 0.4) is 0 Å². The Morgan fingerprint density at radius 1 is 1.32 bits per heavy atom. The lowest BCUT2D eigenvalue weighted by Gasteiger charge is -2.07. The minimum Gasteiger partial charge on any atom is -0.329 e. The van der Waals surface area contributed by atoms with Crippen molar-refractivity contribution in [3.05, 3.63) is 52.2 Å². The molecular weight excluding hydrogens is 288 g/mol. The van der Waals surface area contributed by atoms with Gasteiger partial charge in [-0.2, -0.15) is 5.10 Å². The maximum Gasteiger partial charge on any atom is 0.191 e. The molecule has 7 heteroatoms. The highest BCUT2D eigenvalue weighted by Gasteiger charge is 2.04. The standard InChI is InChI=1S/C12H9F2N3S2/c13-8-3-4-11(10(14)6-8)16-12(18)17-15-7-9-2-1-5-19-9/h1-7H,(H2,16,17,18)/b15-7+. The highest BCUT2D eigenvalue weighted by molar-refractivity contribution is 7.80. The number of thiocarbonyl (C=S) groups is 1. The highest BCUT2D eigenvalue weighted by atomic mass is 32.1. The highest BCUT2D eigenvalue weighted by Crippen LogP contribution is 2.14. The van der Waals surface area contributed by atoms with Crippen molar-refractivity contribution in [1.29, 1.82) is 0 Å². The average molecular weight is 297 g/mol. The molecule has 0 aliphatic rings. The SMILES string of the molecule is Fc1ccc(NC(=S)N/N=C/c2cccs2)c(F)c1. The minimum atomic E-state index is -0.716. The summed E-state index contributed by atoms with van der Waals surface area (Å²) in [7, 11) is 0. The third-order valence-electron chi connectivity index (χ3n) is 2.08. The quantitative estimate of drug-likeness (QED) is 0.518. The fraction of sp³-hybridized carbons (Fsp3) is 0. The van der Waals surface area contributed by atoms with E-state index in [-0.39, 0.29) is 10.8 Å². The van der Waals surface area contributed by atoms with Gasteiger partial charge in [0.15, 0.2) is 5.11 Å². The molecule has 0 radical (unpaired) electrons. The van der Waals surface area contributed by atoms with Crippen LogP contribution in [0.1, 0.15) is 4.88 Å². The first-order valence-electron chi connectivity index (χ1n) is 5.24. The summed E-state index contributed by atoms with van der Waals surface area (Å²) in [4.78, 5) is 0.961. The summed E-state index contributed by atoms with van der Waals surface area (Å²) in [6, 6.07) is 6.98. The number of hydrazone groups is 1. The summed E-state index contributed by atoms with van der Waals surface area (Å²) in [5, 5.41) is 8.52. The molecule has 1 aromatic carbocycles. The summed E-state index contributed by atoms with van der Waals surface area (Å²) in [5.41, 5.74) is 2.64. The molecule has 3 nitrogen and oxygen atoms in total. The number of nitrogens with zero attached hydrogens (tertiary/aromatic N) is 1. The van der Waals surface area contributed by atoms with Gasteiger partial charge in [-0.1, -0.05) is 6.07 Å². The molecule has 2 N–H and O–H groups in total. The van der Waals surface area contributed by atoms with Crippen molar-refractivity contribution in [3.63, 3.8) is 0 Å². The Bertz CT molecular complexity index is 597. The van der Waals surface area contributed by atoms with E-state index in [1.165, 1.54) is 17.4 Å². The molecule has 0 spiro atoms. The van der Waals surface area contributed by atoms with Crippen LogP contribution in [-0.2, 0) is 0 Å². The predicted molar refractivity (Wildman–Crippen MR) is 77.6 cm³/mol. The first-order valence-corrected chi connectivity index (χ1v) is 6.52. The van der Waals surface area contributed by atoms with Crippen LogP contribution in [0.25, 0.3) is 0 Å². The topological polar surface area (TPSA) is 36.4 Å². The van der Waals surface area contributed by atoms with Crippen LogP contribution in [0.4, 0.5) is 14.5 Å². The molecule has 0 saturated heterocycles. The number of thiophene rings is 1. The van der Waals surface area contributed by atoms with Crippen LogP contribution in [0.5, 0.6) is 0 Å². The number of halogens is 2. The van der Waals surface area contributed by atoms with Crippen LogP contribution in [0.2, 0.25) is 0 Å². The molecule has 1 heterocycles. The van der Waals surface area contributed by atoms with Crippen molar-refractivity contribution in [3.8, 4) is 0 Å². The molecule has 0 saturated carbocycles. The Morgan fingerprint density at radius 3 is 2.84 bits per heavy atom. The summed E-state index contributed by atoms with van der Waals surface area (Å²) in [5.74, 6) is -1.36. The number of rotatable bonds is 3. The molecule has 19 heavy (non-hydrogen) atoms. The maximum absolute atomic E-state index is 13.3. The van der Waals surface area contributed by atoms with Gasteiger partial charge in [0.2, 0.25) is 0 Å². The number of benzene rings is 1. The lowest BCUT2D eigenvalue weighted by Crippen LogP contribution is -2.24. The smallest absolute Gasteiger partial charge is 0.191 e. The van der Waals surface area contributed by atoms with Gasteiger partial charge in [0.05, 0.1) is 11.9 Å². The zero-order chi connectivity index (χ0) is 13.7. The Morgan fingerprint density at radius 2 is 2.16 bits per heavy atom. The third-order valence-corrected chi connectivity index (χ3v) is 3.08. The van der Waals surface area contributed by atoms with Gasteiger partial charge in [0.25, 0.3) is 0 Å². The molecule has 1 aromatic heterocycles. The van der Waals surface area contributed by atoms with Crippen molar-refractivity contribution >= 4 is 40.6 Å². The van der Waals surface area contributed by atoms with E-state index in [1.807, 2.05) is 17.5 Å². The predicted octanol–water partition coefficient (Wildman–Crippen LogP) is 3.35. The second-order valence-corrected chi connectivity index (χ2v) is 4.85. The fourth-order valence-electron chi connectivity index (χ4n) is 1.26. The van der Waals surface area contributed by atoms with Gasteiger partial charge in [0.1, 0.15) is 11.6 Å². The molecule has 2 aromatic rings. The number of anilines is 1. The van der Waals surface area contributed by atoms with Crippen LogP contribution in [0, 0.1) is 11.6 Å². The van der Waals surface area contributed by atoms with Gasteiger partial charge >= 0.3 is 0 Å². The number of hydrogen-bond acceptors (Lipinski definition) is 3. The second kappa shape index (κ2) is 6.35. The molecule has 2 rings (SSSR count). The van der Waals surface area contributed by atoms with Crippen molar-refractivity contribution in [2.45, 2.75) is 0 Å². The van der Waals surface area contributed by atoms with Crippen molar-refractivity contribution in [2.24, 2.45) is 5.10 Å². The fourth-order valence-corrected chi connectivity index (χ4v) is 2.01. The number of hydrogen-bond donors (Lipinski definition) is 2. The van der Waals surface area contributed by atoms with E-state index < -0.39 is 11.6 Å². The van der Waals surface area contributed by atoms with E-state index in [2.05, 4.69) is 15.8 Å². The molecule has 0 unspecified atom stereocenters. The van der Waals surface area contributed by atoms with Crippen LogP contribution in [0.15, 0.2) is 40.8 Å². The van der Waals surface area contributed by atoms with Crippen LogP contribution < -0.4 is 10.7 Å². The monoisotopic (exact) mass is 297 g/mol.